The monoisotopic (exact) mass is 316 g/mol. The Labute approximate surface area is 139 Å². The molecule has 4 nitrogen and oxygen atoms in total. The highest BCUT2D eigenvalue weighted by atomic mass is 16.2. The van der Waals surface area contributed by atoms with E-state index in [0.717, 1.165) is 5.56 Å². The van der Waals surface area contributed by atoms with Crippen molar-refractivity contribution in [2.45, 2.75) is 65.6 Å². The van der Waals surface area contributed by atoms with Crippen LogP contribution in [0, 0.1) is 5.41 Å². The van der Waals surface area contributed by atoms with Crippen LogP contribution in [0.5, 0.6) is 0 Å². The smallest absolute Gasteiger partial charge is 0.238 e. The van der Waals surface area contributed by atoms with Crippen molar-refractivity contribution in [3.05, 3.63) is 35.9 Å². The van der Waals surface area contributed by atoms with Crippen molar-refractivity contribution in [3.8, 4) is 0 Å². The Kier molecular flexibility index (Phi) is 4.83. The summed E-state index contributed by atoms with van der Waals surface area (Å²) in [6, 6.07) is 9.98. The van der Waals surface area contributed by atoms with E-state index in [0.29, 0.717) is 19.4 Å². The van der Waals surface area contributed by atoms with Crippen LogP contribution in [-0.4, -0.2) is 28.3 Å². The maximum Gasteiger partial charge on any atom is 0.238 e. The summed E-state index contributed by atoms with van der Waals surface area (Å²) < 4.78 is 0. The molecule has 0 spiro atoms. The summed E-state index contributed by atoms with van der Waals surface area (Å²) in [7, 11) is 0. The lowest BCUT2D eigenvalue weighted by Crippen LogP contribution is -2.51. The van der Waals surface area contributed by atoms with E-state index in [-0.39, 0.29) is 23.4 Å². The van der Waals surface area contributed by atoms with Gasteiger partial charge in [0.1, 0.15) is 5.41 Å². The van der Waals surface area contributed by atoms with Gasteiger partial charge < -0.3 is 10.2 Å². The van der Waals surface area contributed by atoms with Crippen molar-refractivity contribution < 1.29 is 9.59 Å². The van der Waals surface area contributed by atoms with E-state index in [1.165, 1.54) is 0 Å². The summed E-state index contributed by atoms with van der Waals surface area (Å²) in [6.07, 6.45) is 1.29. The van der Waals surface area contributed by atoms with Gasteiger partial charge in [-0.05, 0) is 53.0 Å². The van der Waals surface area contributed by atoms with Crippen LogP contribution in [-0.2, 0) is 16.1 Å². The molecule has 1 saturated carbocycles. The van der Waals surface area contributed by atoms with Crippen LogP contribution in [0.2, 0.25) is 0 Å². The Morgan fingerprint density at radius 3 is 2.17 bits per heavy atom. The van der Waals surface area contributed by atoms with Crippen LogP contribution < -0.4 is 5.32 Å². The van der Waals surface area contributed by atoms with Crippen molar-refractivity contribution in [2.24, 2.45) is 5.41 Å². The molecule has 23 heavy (non-hydrogen) atoms. The Bertz CT molecular complexity index is 569. The molecular formula is C19H28N2O2. The van der Waals surface area contributed by atoms with Crippen molar-refractivity contribution in [2.75, 3.05) is 0 Å². The second kappa shape index (κ2) is 6.34. The van der Waals surface area contributed by atoms with Crippen LogP contribution in [0.1, 0.15) is 53.0 Å². The minimum absolute atomic E-state index is 0.0434. The zero-order valence-electron chi connectivity index (χ0n) is 14.8. The van der Waals surface area contributed by atoms with Crippen molar-refractivity contribution >= 4 is 11.8 Å². The molecular weight excluding hydrogens is 288 g/mol. The van der Waals surface area contributed by atoms with Gasteiger partial charge in [-0.25, -0.2) is 0 Å². The minimum atomic E-state index is -0.855. The van der Waals surface area contributed by atoms with E-state index in [1.807, 2.05) is 69.9 Å². The molecule has 0 heterocycles. The molecule has 2 rings (SSSR count). The molecule has 1 aliphatic carbocycles. The number of amides is 2. The van der Waals surface area contributed by atoms with Gasteiger partial charge in [-0.3, -0.25) is 9.59 Å². The lowest BCUT2D eigenvalue weighted by molar-refractivity contribution is -0.146. The maximum atomic E-state index is 13.1. The summed E-state index contributed by atoms with van der Waals surface area (Å²) in [5, 5.41) is 2.97. The largest absolute Gasteiger partial charge is 0.351 e. The molecule has 1 aromatic rings. The number of nitrogens with zero attached hydrogens (tertiary/aromatic N) is 1. The van der Waals surface area contributed by atoms with Crippen LogP contribution in [0.25, 0.3) is 0 Å². The van der Waals surface area contributed by atoms with Gasteiger partial charge in [0.25, 0.3) is 0 Å². The maximum absolute atomic E-state index is 13.1. The molecule has 0 aromatic heterocycles. The SMILES string of the molecule is CC(C)N(Cc1ccccc1)C(=O)C1(C(=O)NC(C)(C)C)CC1. The van der Waals surface area contributed by atoms with E-state index >= 15 is 0 Å². The number of carbonyl (C=O) groups is 2. The second-order valence-corrected chi connectivity index (χ2v) is 7.80. The topological polar surface area (TPSA) is 49.4 Å². The summed E-state index contributed by atoms with van der Waals surface area (Å²) in [6.45, 7) is 10.4. The van der Waals surface area contributed by atoms with E-state index in [4.69, 9.17) is 0 Å². The van der Waals surface area contributed by atoms with E-state index in [1.54, 1.807) is 0 Å². The highest BCUT2D eigenvalue weighted by Gasteiger charge is 2.58. The predicted molar refractivity (Wildman–Crippen MR) is 91.7 cm³/mol. The van der Waals surface area contributed by atoms with Crippen molar-refractivity contribution in [3.63, 3.8) is 0 Å². The number of benzene rings is 1. The van der Waals surface area contributed by atoms with E-state index < -0.39 is 5.41 Å². The quantitative estimate of drug-likeness (QED) is 0.849. The lowest BCUT2D eigenvalue weighted by Gasteiger charge is -2.32. The van der Waals surface area contributed by atoms with E-state index in [9.17, 15) is 9.59 Å². The van der Waals surface area contributed by atoms with Gasteiger partial charge in [-0.1, -0.05) is 30.3 Å². The average Bonchev–Trinajstić information content (AvgIpc) is 3.25. The molecule has 1 fully saturated rings. The molecule has 0 bridgehead atoms. The fourth-order valence-electron chi connectivity index (χ4n) is 2.67. The molecule has 0 atom stereocenters. The first-order valence-corrected chi connectivity index (χ1v) is 8.33. The summed E-state index contributed by atoms with van der Waals surface area (Å²) in [4.78, 5) is 27.5. The fourth-order valence-corrected chi connectivity index (χ4v) is 2.67. The van der Waals surface area contributed by atoms with Crippen LogP contribution >= 0.6 is 0 Å². The van der Waals surface area contributed by atoms with Crippen molar-refractivity contribution in [1.29, 1.82) is 0 Å². The van der Waals surface area contributed by atoms with Gasteiger partial charge in [-0.2, -0.15) is 0 Å². The van der Waals surface area contributed by atoms with Gasteiger partial charge in [0.15, 0.2) is 0 Å². The minimum Gasteiger partial charge on any atom is -0.351 e. The normalized spacial score (nSPS) is 16.1. The molecule has 0 saturated heterocycles. The number of rotatable bonds is 5. The van der Waals surface area contributed by atoms with Gasteiger partial charge in [0.2, 0.25) is 11.8 Å². The molecule has 126 valence electrons. The summed E-state index contributed by atoms with van der Waals surface area (Å²) in [5.74, 6) is -0.174. The zero-order valence-corrected chi connectivity index (χ0v) is 14.8. The Balaban J connectivity index is 2.16. The first-order valence-electron chi connectivity index (χ1n) is 8.33. The molecule has 0 unspecified atom stereocenters. The standard InChI is InChI=1S/C19H28N2O2/c1-14(2)21(13-15-9-7-6-8-10-15)17(23)19(11-12-19)16(22)20-18(3,4)5/h6-10,14H,11-13H2,1-5H3,(H,20,22). The Morgan fingerprint density at radius 1 is 1.17 bits per heavy atom. The van der Waals surface area contributed by atoms with Crippen molar-refractivity contribution in [1.82, 2.24) is 10.2 Å². The number of nitrogens with one attached hydrogen (secondary N) is 1. The van der Waals surface area contributed by atoms with Gasteiger partial charge in [-0.15, -0.1) is 0 Å². The second-order valence-electron chi connectivity index (χ2n) is 7.80. The molecule has 1 N–H and O–H groups in total. The molecule has 0 radical (unpaired) electrons. The predicted octanol–water partition coefficient (Wildman–Crippen LogP) is 3.12. The third-order valence-corrected chi connectivity index (χ3v) is 4.16. The van der Waals surface area contributed by atoms with Gasteiger partial charge in [0, 0.05) is 18.1 Å². The third kappa shape index (κ3) is 4.12. The van der Waals surface area contributed by atoms with Gasteiger partial charge >= 0.3 is 0 Å². The molecule has 4 heteroatoms. The molecule has 0 aliphatic heterocycles. The first kappa shape index (κ1) is 17.5. The highest BCUT2D eigenvalue weighted by molar-refractivity contribution is 6.08. The summed E-state index contributed by atoms with van der Waals surface area (Å²) in [5.41, 5.74) is -0.0944. The molecule has 1 aliphatic rings. The number of hydrogen-bond acceptors (Lipinski definition) is 2. The zero-order chi connectivity index (χ0) is 17.3. The fraction of sp³-hybridized carbons (Fsp3) is 0.579. The van der Waals surface area contributed by atoms with E-state index in [2.05, 4.69) is 5.32 Å². The number of hydrogen-bond donors (Lipinski definition) is 1. The molecule has 1 aromatic carbocycles. The average molecular weight is 316 g/mol. The highest BCUT2D eigenvalue weighted by Crippen LogP contribution is 2.48. The molecule has 2 amide bonds. The first-order chi connectivity index (χ1) is 10.7. The lowest BCUT2D eigenvalue weighted by atomic mass is 9.99. The number of carbonyl (C=O) groups excluding carboxylic acids is 2. The Hall–Kier alpha value is -1.84. The van der Waals surface area contributed by atoms with Crippen LogP contribution in [0.4, 0.5) is 0 Å². The third-order valence-electron chi connectivity index (χ3n) is 4.16. The van der Waals surface area contributed by atoms with Crippen LogP contribution in [0.15, 0.2) is 30.3 Å². The summed E-state index contributed by atoms with van der Waals surface area (Å²) >= 11 is 0. The Morgan fingerprint density at radius 2 is 1.74 bits per heavy atom. The van der Waals surface area contributed by atoms with Crippen LogP contribution in [0.3, 0.4) is 0 Å². The van der Waals surface area contributed by atoms with Gasteiger partial charge in [0.05, 0.1) is 0 Å².